The zero-order valence-corrected chi connectivity index (χ0v) is 10.5. The highest BCUT2D eigenvalue weighted by Crippen LogP contribution is 2.29. The molecule has 0 fully saturated rings. The fourth-order valence-corrected chi connectivity index (χ4v) is 2.04. The number of hydrogen-bond acceptors (Lipinski definition) is 2. The summed E-state index contributed by atoms with van der Waals surface area (Å²) in [5.74, 6) is 0.144. The van der Waals surface area contributed by atoms with Crippen molar-refractivity contribution < 1.29 is 4.42 Å². The van der Waals surface area contributed by atoms with Crippen LogP contribution in [0.1, 0.15) is 5.56 Å². The molecule has 0 atom stereocenters. The number of hydrogen-bond donors (Lipinski definition) is 1. The highest BCUT2D eigenvalue weighted by atomic mass is 16.4. The van der Waals surface area contributed by atoms with Gasteiger partial charge in [0.15, 0.2) is 5.76 Å². The molecule has 1 heterocycles. The Balaban J connectivity index is 2.17. The molecule has 94 valence electrons. The minimum Gasteiger partial charge on any atom is -0.407 e. The van der Waals surface area contributed by atoms with Crippen molar-refractivity contribution in [2.45, 2.75) is 6.92 Å². The summed E-state index contributed by atoms with van der Waals surface area (Å²) in [4.78, 5) is 14.3. The van der Waals surface area contributed by atoms with Crippen LogP contribution in [0.3, 0.4) is 0 Å². The molecule has 3 aromatic rings. The molecule has 0 unspecified atom stereocenters. The SMILES string of the molecule is Cc1ccc(-c2oc(=O)[nH]c2-c2ccccc2)cc1. The predicted molar refractivity (Wildman–Crippen MR) is 74.9 cm³/mol. The van der Waals surface area contributed by atoms with Gasteiger partial charge in [0.25, 0.3) is 0 Å². The van der Waals surface area contributed by atoms with Crippen LogP contribution >= 0.6 is 0 Å². The normalized spacial score (nSPS) is 10.6. The van der Waals surface area contributed by atoms with Gasteiger partial charge in [-0.1, -0.05) is 60.2 Å². The quantitative estimate of drug-likeness (QED) is 0.756. The lowest BCUT2D eigenvalue weighted by atomic mass is 10.0. The van der Waals surface area contributed by atoms with Gasteiger partial charge in [-0.25, -0.2) is 4.79 Å². The molecule has 3 heteroatoms. The standard InChI is InChI=1S/C16H13NO2/c1-11-7-9-13(10-8-11)15-14(17-16(18)19-15)12-5-3-2-4-6-12/h2-10H,1H3,(H,17,18). The van der Waals surface area contributed by atoms with Gasteiger partial charge >= 0.3 is 5.76 Å². The molecule has 0 spiro atoms. The number of H-pyrrole nitrogens is 1. The summed E-state index contributed by atoms with van der Waals surface area (Å²) in [6, 6.07) is 17.6. The smallest absolute Gasteiger partial charge is 0.407 e. The lowest BCUT2D eigenvalue weighted by Gasteiger charge is -2.02. The molecule has 0 aliphatic rings. The Hall–Kier alpha value is -2.55. The fraction of sp³-hybridized carbons (Fsp3) is 0.0625. The molecule has 0 saturated carbocycles. The summed E-state index contributed by atoms with van der Waals surface area (Å²) in [5, 5.41) is 0. The minimum absolute atomic E-state index is 0.436. The van der Waals surface area contributed by atoms with Gasteiger partial charge in [0.05, 0.1) is 5.69 Å². The van der Waals surface area contributed by atoms with Gasteiger partial charge in [-0.2, -0.15) is 0 Å². The van der Waals surface area contributed by atoms with Gasteiger partial charge in [-0.05, 0) is 6.92 Å². The molecule has 3 rings (SSSR count). The first-order chi connectivity index (χ1) is 9.24. The molecule has 0 radical (unpaired) electrons. The summed E-state index contributed by atoms with van der Waals surface area (Å²) < 4.78 is 5.28. The second-order valence-corrected chi connectivity index (χ2v) is 4.45. The number of nitrogens with one attached hydrogen (secondary N) is 1. The second-order valence-electron chi connectivity index (χ2n) is 4.45. The van der Waals surface area contributed by atoms with Crippen LogP contribution in [0.2, 0.25) is 0 Å². The van der Waals surface area contributed by atoms with E-state index < -0.39 is 5.76 Å². The van der Waals surface area contributed by atoms with Crippen LogP contribution in [-0.2, 0) is 0 Å². The molecule has 0 bridgehead atoms. The van der Waals surface area contributed by atoms with Crippen LogP contribution < -0.4 is 5.76 Å². The van der Waals surface area contributed by atoms with E-state index >= 15 is 0 Å². The van der Waals surface area contributed by atoms with Crippen molar-refractivity contribution in [3.63, 3.8) is 0 Å². The number of aromatic nitrogens is 1. The molecule has 19 heavy (non-hydrogen) atoms. The van der Waals surface area contributed by atoms with Crippen molar-refractivity contribution in [3.8, 4) is 22.6 Å². The third-order valence-corrected chi connectivity index (χ3v) is 3.03. The average molecular weight is 251 g/mol. The summed E-state index contributed by atoms with van der Waals surface area (Å²) in [5.41, 5.74) is 3.71. The van der Waals surface area contributed by atoms with Gasteiger partial charge in [0, 0.05) is 11.1 Å². The van der Waals surface area contributed by atoms with Gasteiger partial charge < -0.3 is 4.42 Å². The summed E-state index contributed by atoms with van der Waals surface area (Å²) in [6.45, 7) is 2.02. The Morgan fingerprint density at radius 1 is 0.895 bits per heavy atom. The highest BCUT2D eigenvalue weighted by Gasteiger charge is 2.13. The third kappa shape index (κ3) is 2.22. The largest absolute Gasteiger partial charge is 0.417 e. The first-order valence-electron chi connectivity index (χ1n) is 6.09. The van der Waals surface area contributed by atoms with Crippen LogP contribution in [-0.4, -0.2) is 4.98 Å². The average Bonchev–Trinajstić information content (AvgIpc) is 2.83. The Morgan fingerprint density at radius 3 is 2.26 bits per heavy atom. The van der Waals surface area contributed by atoms with Crippen molar-refractivity contribution in [1.82, 2.24) is 4.98 Å². The maximum atomic E-state index is 11.5. The molecule has 0 aliphatic heterocycles. The Labute approximate surface area is 110 Å². The second kappa shape index (κ2) is 4.61. The zero-order chi connectivity index (χ0) is 13.2. The van der Waals surface area contributed by atoms with E-state index in [9.17, 15) is 4.79 Å². The number of oxazole rings is 1. The van der Waals surface area contributed by atoms with Crippen LogP contribution in [0.5, 0.6) is 0 Å². The lowest BCUT2D eigenvalue weighted by Crippen LogP contribution is -1.94. The summed E-state index contributed by atoms with van der Waals surface area (Å²) in [6.07, 6.45) is 0. The lowest BCUT2D eigenvalue weighted by molar-refractivity contribution is 0.528. The van der Waals surface area contributed by atoms with E-state index in [-0.39, 0.29) is 0 Å². The molecule has 0 amide bonds. The van der Waals surface area contributed by atoms with Crippen LogP contribution in [0, 0.1) is 6.92 Å². The highest BCUT2D eigenvalue weighted by molar-refractivity contribution is 5.76. The molecular weight excluding hydrogens is 238 g/mol. The van der Waals surface area contributed by atoms with E-state index in [0.717, 1.165) is 16.8 Å². The number of rotatable bonds is 2. The number of aromatic amines is 1. The van der Waals surface area contributed by atoms with Gasteiger partial charge in [0.1, 0.15) is 0 Å². The van der Waals surface area contributed by atoms with E-state index in [1.807, 2.05) is 61.5 Å². The van der Waals surface area contributed by atoms with Crippen LogP contribution in [0.4, 0.5) is 0 Å². The molecule has 1 N–H and O–H groups in total. The molecule has 0 aliphatic carbocycles. The van der Waals surface area contributed by atoms with Crippen LogP contribution in [0.25, 0.3) is 22.6 Å². The first kappa shape index (κ1) is 11.5. The summed E-state index contributed by atoms with van der Waals surface area (Å²) in [7, 11) is 0. The monoisotopic (exact) mass is 251 g/mol. The van der Waals surface area contributed by atoms with Crippen molar-refractivity contribution in [3.05, 3.63) is 70.7 Å². The Morgan fingerprint density at radius 2 is 1.58 bits per heavy atom. The van der Waals surface area contributed by atoms with E-state index in [0.29, 0.717) is 5.76 Å². The third-order valence-electron chi connectivity index (χ3n) is 3.03. The molecule has 1 aromatic heterocycles. The Kier molecular flexibility index (Phi) is 2.80. The molecule has 0 saturated heterocycles. The van der Waals surface area contributed by atoms with Crippen molar-refractivity contribution >= 4 is 0 Å². The topological polar surface area (TPSA) is 46.0 Å². The van der Waals surface area contributed by atoms with Gasteiger partial charge in [-0.3, -0.25) is 4.98 Å². The fourth-order valence-electron chi connectivity index (χ4n) is 2.04. The number of aryl methyl sites for hydroxylation is 1. The van der Waals surface area contributed by atoms with Gasteiger partial charge in [-0.15, -0.1) is 0 Å². The minimum atomic E-state index is -0.436. The first-order valence-corrected chi connectivity index (χ1v) is 6.09. The number of benzene rings is 2. The molecule has 2 aromatic carbocycles. The maximum absolute atomic E-state index is 11.5. The van der Waals surface area contributed by atoms with Crippen molar-refractivity contribution in [2.24, 2.45) is 0 Å². The molecule has 3 nitrogen and oxygen atoms in total. The van der Waals surface area contributed by atoms with Crippen LogP contribution in [0.15, 0.2) is 63.8 Å². The van der Waals surface area contributed by atoms with Gasteiger partial charge in [0.2, 0.25) is 0 Å². The van der Waals surface area contributed by atoms with Crippen molar-refractivity contribution in [1.29, 1.82) is 0 Å². The summed E-state index contributed by atoms with van der Waals surface area (Å²) >= 11 is 0. The van der Waals surface area contributed by atoms with E-state index in [2.05, 4.69) is 4.98 Å². The zero-order valence-electron chi connectivity index (χ0n) is 10.5. The van der Waals surface area contributed by atoms with Crippen molar-refractivity contribution in [2.75, 3.05) is 0 Å². The molecular formula is C16H13NO2. The van der Waals surface area contributed by atoms with E-state index in [1.165, 1.54) is 5.56 Å². The Bertz CT molecular complexity index is 736. The predicted octanol–water partition coefficient (Wildman–Crippen LogP) is 3.61. The van der Waals surface area contributed by atoms with E-state index in [4.69, 9.17) is 4.42 Å². The van der Waals surface area contributed by atoms with E-state index in [1.54, 1.807) is 0 Å². The maximum Gasteiger partial charge on any atom is 0.417 e.